The molecule has 4 aliphatic rings. The number of carbonyl (C=O) groups excluding carboxylic acids is 2. The molecule has 1 spiro atoms. The number of fused-ring (bicyclic) bond motifs is 1. The van der Waals surface area contributed by atoms with Crippen molar-refractivity contribution in [2.24, 2.45) is 0 Å². The first-order valence-electron chi connectivity index (χ1n) is 11.7. The van der Waals surface area contributed by atoms with Crippen molar-refractivity contribution in [3.8, 4) is 0 Å². The fraction of sp³-hybridized carbons (Fsp3) is 0.625. The molecule has 5 rings (SSSR count). The third-order valence-corrected chi connectivity index (χ3v) is 7.74. The Balaban J connectivity index is 1.36. The van der Waals surface area contributed by atoms with Gasteiger partial charge in [0, 0.05) is 68.9 Å². The van der Waals surface area contributed by atoms with Gasteiger partial charge in [-0.3, -0.25) is 9.78 Å². The molecular formula is C24H28F3N3O3. The SMILES string of the molecule is CC1=C(C(=O)N2CCc3ncc(C(F)(F)F)cc3C2)C2(CCN(C3CCCC3)CC2)OC1=O. The molecule has 2 fully saturated rings. The summed E-state index contributed by atoms with van der Waals surface area (Å²) in [7, 11) is 0. The number of halogens is 3. The number of nitrogens with zero attached hydrogens (tertiary/aromatic N) is 3. The summed E-state index contributed by atoms with van der Waals surface area (Å²) in [6, 6.07) is 1.65. The van der Waals surface area contributed by atoms with Crippen LogP contribution in [0.15, 0.2) is 23.4 Å². The zero-order valence-electron chi connectivity index (χ0n) is 18.7. The molecule has 1 aromatic rings. The third-order valence-electron chi connectivity index (χ3n) is 7.74. The van der Waals surface area contributed by atoms with Gasteiger partial charge in [0.15, 0.2) is 0 Å². The molecule has 178 valence electrons. The van der Waals surface area contributed by atoms with E-state index in [4.69, 9.17) is 4.74 Å². The largest absolute Gasteiger partial charge is 0.450 e. The number of esters is 1. The lowest BCUT2D eigenvalue weighted by Gasteiger charge is -2.42. The van der Waals surface area contributed by atoms with E-state index in [-0.39, 0.29) is 12.5 Å². The van der Waals surface area contributed by atoms with Crippen molar-refractivity contribution in [2.75, 3.05) is 19.6 Å². The summed E-state index contributed by atoms with van der Waals surface area (Å²) in [4.78, 5) is 34.1. The monoisotopic (exact) mass is 463 g/mol. The number of likely N-dealkylation sites (tertiary alicyclic amines) is 1. The van der Waals surface area contributed by atoms with Crippen LogP contribution in [-0.2, 0) is 33.5 Å². The number of pyridine rings is 1. The summed E-state index contributed by atoms with van der Waals surface area (Å²) in [5.74, 6) is -0.776. The Kier molecular flexibility index (Phi) is 5.50. The van der Waals surface area contributed by atoms with Crippen molar-refractivity contribution in [1.82, 2.24) is 14.8 Å². The summed E-state index contributed by atoms with van der Waals surface area (Å²) in [5, 5.41) is 0. The van der Waals surface area contributed by atoms with E-state index in [9.17, 15) is 22.8 Å². The van der Waals surface area contributed by atoms with Crippen LogP contribution < -0.4 is 0 Å². The van der Waals surface area contributed by atoms with E-state index >= 15 is 0 Å². The van der Waals surface area contributed by atoms with E-state index in [1.165, 1.54) is 30.6 Å². The molecule has 0 N–H and O–H groups in total. The smallest absolute Gasteiger partial charge is 0.417 e. The molecule has 6 nitrogen and oxygen atoms in total. The highest BCUT2D eigenvalue weighted by Gasteiger charge is 2.52. The van der Waals surface area contributed by atoms with Crippen LogP contribution in [0.3, 0.4) is 0 Å². The Morgan fingerprint density at radius 1 is 1.18 bits per heavy atom. The van der Waals surface area contributed by atoms with Crippen LogP contribution in [0.1, 0.15) is 62.3 Å². The van der Waals surface area contributed by atoms with Crippen molar-refractivity contribution in [2.45, 2.75) is 76.2 Å². The van der Waals surface area contributed by atoms with Gasteiger partial charge in [0.05, 0.1) is 11.1 Å². The molecule has 1 aliphatic carbocycles. The van der Waals surface area contributed by atoms with Crippen molar-refractivity contribution in [3.05, 3.63) is 40.2 Å². The van der Waals surface area contributed by atoms with Crippen LogP contribution in [0.4, 0.5) is 13.2 Å². The van der Waals surface area contributed by atoms with Gasteiger partial charge in [-0.1, -0.05) is 12.8 Å². The van der Waals surface area contributed by atoms with E-state index < -0.39 is 23.3 Å². The second kappa shape index (κ2) is 8.11. The van der Waals surface area contributed by atoms with Crippen LogP contribution in [0, 0.1) is 0 Å². The number of amides is 1. The highest BCUT2D eigenvalue weighted by atomic mass is 19.4. The van der Waals surface area contributed by atoms with Gasteiger partial charge in [0.25, 0.3) is 5.91 Å². The van der Waals surface area contributed by atoms with E-state index in [0.29, 0.717) is 54.3 Å². The normalized spacial score (nSPS) is 23.9. The van der Waals surface area contributed by atoms with Crippen LogP contribution in [0.5, 0.6) is 0 Å². The van der Waals surface area contributed by atoms with Crippen molar-refractivity contribution >= 4 is 11.9 Å². The van der Waals surface area contributed by atoms with Crippen molar-refractivity contribution in [1.29, 1.82) is 0 Å². The summed E-state index contributed by atoms with van der Waals surface area (Å²) in [6.45, 7) is 3.54. The highest BCUT2D eigenvalue weighted by molar-refractivity contribution is 6.07. The molecule has 1 amide bonds. The first-order valence-corrected chi connectivity index (χ1v) is 11.7. The van der Waals surface area contributed by atoms with Gasteiger partial charge >= 0.3 is 12.1 Å². The Morgan fingerprint density at radius 3 is 2.55 bits per heavy atom. The fourth-order valence-corrected chi connectivity index (χ4v) is 5.89. The Bertz CT molecular complexity index is 1010. The number of piperidine rings is 1. The zero-order chi connectivity index (χ0) is 23.4. The Hall–Kier alpha value is -2.42. The zero-order valence-corrected chi connectivity index (χ0v) is 18.7. The highest BCUT2D eigenvalue weighted by Crippen LogP contribution is 2.43. The lowest BCUT2D eigenvalue weighted by Crippen LogP contribution is -2.51. The summed E-state index contributed by atoms with van der Waals surface area (Å²) >= 11 is 0. The third kappa shape index (κ3) is 3.94. The van der Waals surface area contributed by atoms with Crippen molar-refractivity contribution in [3.63, 3.8) is 0 Å². The molecule has 0 unspecified atom stereocenters. The predicted molar refractivity (Wildman–Crippen MR) is 113 cm³/mol. The van der Waals surface area contributed by atoms with E-state index in [1.807, 2.05) is 0 Å². The maximum Gasteiger partial charge on any atom is 0.417 e. The molecule has 0 aromatic carbocycles. The van der Waals surface area contributed by atoms with E-state index in [1.54, 1.807) is 6.92 Å². The number of ether oxygens (including phenoxy) is 1. The van der Waals surface area contributed by atoms with Crippen LogP contribution in [0.25, 0.3) is 0 Å². The van der Waals surface area contributed by atoms with Gasteiger partial charge in [0.2, 0.25) is 0 Å². The molecule has 1 saturated carbocycles. The summed E-state index contributed by atoms with van der Waals surface area (Å²) in [5.41, 5.74) is -0.0564. The Morgan fingerprint density at radius 2 is 1.88 bits per heavy atom. The van der Waals surface area contributed by atoms with Gasteiger partial charge in [-0.25, -0.2) is 4.79 Å². The minimum atomic E-state index is -4.49. The average Bonchev–Trinajstić information content (AvgIpc) is 3.40. The number of alkyl halides is 3. The molecule has 0 atom stereocenters. The number of hydrogen-bond acceptors (Lipinski definition) is 5. The molecule has 9 heteroatoms. The molecule has 1 saturated heterocycles. The molecule has 0 bridgehead atoms. The predicted octanol–water partition coefficient (Wildman–Crippen LogP) is 3.64. The quantitative estimate of drug-likeness (QED) is 0.627. The number of rotatable bonds is 2. The molecule has 0 radical (unpaired) electrons. The van der Waals surface area contributed by atoms with E-state index in [2.05, 4.69) is 9.88 Å². The van der Waals surface area contributed by atoms with Crippen LogP contribution in [0.2, 0.25) is 0 Å². The molecule has 1 aromatic heterocycles. The van der Waals surface area contributed by atoms with E-state index in [0.717, 1.165) is 25.4 Å². The maximum atomic E-state index is 13.6. The second-order valence-electron chi connectivity index (χ2n) is 9.66. The summed E-state index contributed by atoms with van der Waals surface area (Å²) < 4.78 is 45.3. The van der Waals surface area contributed by atoms with Gasteiger partial charge in [-0.15, -0.1) is 0 Å². The first kappa shape index (κ1) is 22.4. The second-order valence-corrected chi connectivity index (χ2v) is 9.66. The lowest BCUT2D eigenvalue weighted by atomic mass is 9.81. The minimum Gasteiger partial charge on any atom is -0.450 e. The topological polar surface area (TPSA) is 62.7 Å². The number of aromatic nitrogens is 1. The molecule has 3 aliphatic heterocycles. The lowest BCUT2D eigenvalue weighted by molar-refractivity contribution is -0.152. The standard InChI is InChI=1S/C24H28F3N3O3/c1-15-20(23(33-22(15)32)7-10-29(11-8-23)18-4-2-3-5-18)21(31)30-9-6-19-16(14-30)12-17(13-28-19)24(25,26)27/h12-13,18H,2-11,14H2,1H3. The fourth-order valence-electron chi connectivity index (χ4n) is 5.89. The van der Waals surface area contributed by atoms with Crippen molar-refractivity contribution < 1.29 is 27.5 Å². The first-order chi connectivity index (χ1) is 15.7. The average molecular weight is 464 g/mol. The van der Waals surface area contributed by atoms with Gasteiger partial charge in [-0.2, -0.15) is 13.2 Å². The molecular weight excluding hydrogens is 435 g/mol. The van der Waals surface area contributed by atoms with Crippen LogP contribution in [-0.4, -0.2) is 57.9 Å². The molecule has 33 heavy (non-hydrogen) atoms. The van der Waals surface area contributed by atoms with Crippen LogP contribution >= 0.6 is 0 Å². The van der Waals surface area contributed by atoms with Gasteiger partial charge in [-0.05, 0) is 31.4 Å². The van der Waals surface area contributed by atoms with Gasteiger partial charge in [0.1, 0.15) is 5.60 Å². The number of carbonyl (C=O) groups is 2. The number of hydrogen-bond donors (Lipinski definition) is 0. The minimum absolute atomic E-state index is 0.0420. The van der Waals surface area contributed by atoms with Gasteiger partial charge < -0.3 is 14.5 Å². The maximum absolute atomic E-state index is 13.6. The molecule has 4 heterocycles. The Labute approximate surface area is 190 Å². The summed E-state index contributed by atoms with van der Waals surface area (Å²) in [6.07, 6.45) is 2.73.